The fourth-order valence-electron chi connectivity index (χ4n) is 4.58. The summed E-state index contributed by atoms with van der Waals surface area (Å²) in [5.41, 5.74) is 2.92. The van der Waals surface area contributed by atoms with Gasteiger partial charge in [0.05, 0.1) is 18.1 Å². The van der Waals surface area contributed by atoms with Crippen LogP contribution in [0.3, 0.4) is 0 Å². The number of hydrogen-bond acceptors (Lipinski definition) is 3. The molecule has 2 heterocycles. The summed E-state index contributed by atoms with van der Waals surface area (Å²) in [6, 6.07) is 7.94. The van der Waals surface area contributed by atoms with Crippen molar-refractivity contribution in [3.63, 3.8) is 0 Å². The smallest absolute Gasteiger partial charge is 0.254 e. The first-order valence-corrected chi connectivity index (χ1v) is 8.32. The molecule has 5 nitrogen and oxygen atoms in total. The Morgan fingerprint density at radius 2 is 1.79 bits per heavy atom. The number of hydrogen-bond donors (Lipinski definition) is 1. The van der Waals surface area contributed by atoms with Crippen molar-refractivity contribution in [2.24, 2.45) is 28.8 Å². The van der Waals surface area contributed by atoms with Gasteiger partial charge in [0.1, 0.15) is 0 Å². The number of fused-ring (bicyclic) bond motifs is 6. The summed E-state index contributed by atoms with van der Waals surface area (Å²) in [6.07, 6.45) is 6.76. The van der Waals surface area contributed by atoms with E-state index in [1.165, 1.54) is 0 Å². The lowest BCUT2D eigenvalue weighted by Gasteiger charge is -2.13. The largest absolute Gasteiger partial charge is 0.358 e. The van der Waals surface area contributed by atoms with Gasteiger partial charge in [-0.15, -0.1) is 0 Å². The summed E-state index contributed by atoms with van der Waals surface area (Å²) in [4.78, 5) is 28.6. The van der Waals surface area contributed by atoms with Crippen LogP contribution in [0.15, 0.2) is 41.5 Å². The summed E-state index contributed by atoms with van der Waals surface area (Å²) < 4.78 is 0. The van der Waals surface area contributed by atoms with Crippen LogP contribution in [0.5, 0.6) is 0 Å². The molecule has 5 heteroatoms. The predicted molar refractivity (Wildman–Crippen MR) is 90.2 cm³/mol. The molecule has 1 aliphatic heterocycles. The third-order valence-electron chi connectivity index (χ3n) is 5.69. The fraction of sp³-hybridized carbons (Fsp3) is 0.316. The van der Waals surface area contributed by atoms with Crippen LogP contribution < -0.4 is 0 Å². The Kier molecular flexibility index (Phi) is 2.66. The Balaban J connectivity index is 1.50. The van der Waals surface area contributed by atoms with Crippen LogP contribution >= 0.6 is 0 Å². The molecule has 0 spiro atoms. The van der Waals surface area contributed by atoms with Crippen LogP contribution in [-0.4, -0.2) is 28.0 Å². The molecule has 4 atom stereocenters. The molecule has 120 valence electrons. The predicted octanol–water partition coefficient (Wildman–Crippen LogP) is 2.62. The van der Waals surface area contributed by atoms with Gasteiger partial charge in [-0.1, -0.05) is 30.4 Å². The van der Waals surface area contributed by atoms with Crippen LogP contribution in [-0.2, 0) is 9.59 Å². The number of carbonyl (C=O) groups excluding carboxylic acids is 2. The minimum absolute atomic E-state index is 0.143. The van der Waals surface area contributed by atoms with Gasteiger partial charge in [0, 0.05) is 22.2 Å². The molecule has 2 bridgehead atoms. The number of aromatic nitrogens is 1. The number of imide groups is 1. The Bertz CT molecular complexity index is 909. The van der Waals surface area contributed by atoms with Gasteiger partial charge < -0.3 is 4.98 Å². The van der Waals surface area contributed by atoms with Gasteiger partial charge in [0.15, 0.2) is 0 Å². The number of aryl methyl sites for hydroxylation is 1. The maximum Gasteiger partial charge on any atom is 0.254 e. The number of aromatic amines is 1. The number of nitrogens with one attached hydrogen (secondary N) is 1. The highest BCUT2D eigenvalue weighted by atomic mass is 16.2. The normalized spacial score (nSPS) is 31.1. The van der Waals surface area contributed by atoms with Crippen molar-refractivity contribution >= 4 is 28.9 Å². The summed E-state index contributed by atoms with van der Waals surface area (Å²) in [5, 5.41) is 6.42. The van der Waals surface area contributed by atoms with Crippen LogP contribution in [0.4, 0.5) is 0 Å². The molecule has 2 aromatic rings. The van der Waals surface area contributed by atoms with Crippen LogP contribution in [0, 0.1) is 30.6 Å². The Morgan fingerprint density at radius 3 is 2.50 bits per heavy atom. The second-order valence-corrected chi connectivity index (χ2v) is 6.94. The zero-order chi connectivity index (χ0) is 16.4. The van der Waals surface area contributed by atoms with E-state index in [-0.39, 0.29) is 35.5 Å². The number of nitrogens with zero attached hydrogens (tertiary/aromatic N) is 2. The topological polar surface area (TPSA) is 65.5 Å². The van der Waals surface area contributed by atoms with Gasteiger partial charge in [0.25, 0.3) is 11.8 Å². The molecule has 5 rings (SSSR count). The number of allylic oxidation sites excluding steroid dienone is 2. The molecule has 2 amide bonds. The van der Waals surface area contributed by atoms with E-state index in [2.05, 4.69) is 22.2 Å². The van der Waals surface area contributed by atoms with Gasteiger partial charge in [-0.05, 0) is 31.2 Å². The van der Waals surface area contributed by atoms with Crippen LogP contribution in [0.2, 0.25) is 0 Å². The SMILES string of the molecule is Cc1[nH]c2ccccc2c1C=NN1C(=O)[C@@H]2[C@H](C1=O)[C@H]1C=C[C@H]2C1. The molecular weight excluding hydrogens is 302 g/mol. The minimum atomic E-state index is -0.200. The van der Waals surface area contributed by atoms with Gasteiger partial charge in [0.2, 0.25) is 0 Å². The maximum absolute atomic E-state index is 12.6. The van der Waals surface area contributed by atoms with Gasteiger partial charge >= 0.3 is 0 Å². The summed E-state index contributed by atoms with van der Waals surface area (Å²) >= 11 is 0. The summed E-state index contributed by atoms with van der Waals surface area (Å²) in [7, 11) is 0. The van der Waals surface area contributed by atoms with E-state index in [9.17, 15) is 9.59 Å². The summed E-state index contributed by atoms with van der Waals surface area (Å²) in [6.45, 7) is 1.97. The molecule has 1 N–H and O–H groups in total. The molecule has 0 unspecified atom stereocenters. The van der Waals surface area contributed by atoms with Crippen molar-refractivity contribution in [3.8, 4) is 0 Å². The van der Waals surface area contributed by atoms with E-state index in [1.54, 1.807) is 6.21 Å². The first kappa shape index (κ1) is 13.7. The monoisotopic (exact) mass is 319 g/mol. The first-order chi connectivity index (χ1) is 11.6. The lowest BCUT2D eigenvalue weighted by atomic mass is 9.85. The highest BCUT2D eigenvalue weighted by molar-refractivity contribution is 6.08. The standard InChI is InChI=1S/C19H17N3O2/c1-10-14(13-4-2-3-5-15(13)21-10)9-20-22-18(23)16-11-6-7-12(8-11)17(16)19(22)24/h2-7,9,11-12,16-17,21H,8H2,1H3/t11-,12-,16-,17+/m0/s1. The second kappa shape index (κ2) is 4.66. The quantitative estimate of drug-likeness (QED) is 0.525. The van der Waals surface area contributed by atoms with Gasteiger partial charge in [-0.3, -0.25) is 9.59 Å². The minimum Gasteiger partial charge on any atom is -0.358 e. The number of hydrazone groups is 1. The van der Waals surface area contributed by atoms with E-state index < -0.39 is 0 Å². The molecular formula is C19H17N3O2. The van der Waals surface area contributed by atoms with E-state index in [4.69, 9.17) is 0 Å². The zero-order valence-electron chi connectivity index (χ0n) is 13.3. The number of benzene rings is 1. The lowest BCUT2D eigenvalue weighted by Crippen LogP contribution is -2.28. The average Bonchev–Trinajstić information content (AvgIpc) is 3.30. The third kappa shape index (κ3) is 1.67. The van der Waals surface area contributed by atoms with E-state index >= 15 is 0 Å². The van der Waals surface area contributed by atoms with Crippen molar-refractivity contribution in [2.75, 3.05) is 0 Å². The maximum atomic E-state index is 12.6. The van der Waals surface area contributed by atoms with Crippen molar-refractivity contribution in [2.45, 2.75) is 13.3 Å². The van der Waals surface area contributed by atoms with E-state index in [1.807, 2.05) is 31.2 Å². The molecule has 1 saturated heterocycles. The van der Waals surface area contributed by atoms with E-state index in [0.29, 0.717) is 0 Å². The number of para-hydroxylation sites is 1. The van der Waals surface area contributed by atoms with Crippen LogP contribution in [0.25, 0.3) is 10.9 Å². The molecule has 2 fully saturated rings. The van der Waals surface area contributed by atoms with E-state index in [0.717, 1.165) is 33.6 Å². The highest BCUT2D eigenvalue weighted by Crippen LogP contribution is 2.52. The number of H-pyrrole nitrogens is 1. The van der Waals surface area contributed by atoms with Gasteiger partial charge in [-0.2, -0.15) is 10.1 Å². The molecule has 3 aliphatic rings. The zero-order valence-corrected chi connectivity index (χ0v) is 13.3. The highest BCUT2D eigenvalue weighted by Gasteiger charge is 2.59. The molecule has 0 radical (unpaired) electrons. The molecule has 24 heavy (non-hydrogen) atoms. The third-order valence-corrected chi connectivity index (χ3v) is 5.69. The van der Waals surface area contributed by atoms with Crippen LogP contribution in [0.1, 0.15) is 17.7 Å². The number of rotatable bonds is 2. The van der Waals surface area contributed by atoms with Crippen molar-refractivity contribution in [1.82, 2.24) is 9.99 Å². The van der Waals surface area contributed by atoms with Crippen molar-refractivity contribution in [3.05, 3.63) is 47.7 Å². The molecule has 2 aliphatic carbocycles. The Hall–Kier alpha value is -2.69. The van der Waals surface area contributed by atoms with Crippen molar-refractivity contribution < 1.29 is 9.59 Å². The average molecular weight is 319 g/mol. The fourth-order valence-corrected chi connectivity index (χ4v) is 4.58. The lowest BCUT2D eigenvalue weighted by molar-refractivity contribution is -0.140. The van der Waals surface area contributed by atoms with Crippen molar-refractivity contribution in [1.29, 1.82) is 0 Å². The summed E-state index contributed by atoms with van der Waals surface area (Å²) in [5.74, 6) is -0.258. The Morgan fingerprint density at radius 1 is 1.12 bits per heavy atom. The number of carbonyl (C=O) groups is 2. The van der Waals surface area contributed by atoms with Gasteiger partial charge in [-0.25, -0.2) is 0 Å². The first-order valence-electron chi connectivity index (χ1n) is 8.32. The molecule has 1 saturated carbocycles. The number of amides is 2. The molecule has 1 aromatic heterocycles. The molecule has 1 aromatic carbocycles. The second-order valence-electron chi connectivity index (χ2n) is 6.94. The Labute approximate surface area is 139 Å².